The van der Waals surface area contributed by atoms with E-state index >= 15 is 0 Å². The molecule has 3 heterocycles. The molecule has 6 heteroatoms. The number of carbonyl (C=O) groups excluding carboxylic acids is 1. The normalized spacial score (nSPS) is 17.5. The third kappa shape index (κ3) is 3.90. The van der Waals surface area contributed by atoms with Gasteiger partial charge in [0, 0.05) is 43.7 Å². The first kappa shape index (κ1) is 18.3. The van der Waals surface area contributed by atoms with E-state index in [0.717, 1.165) is 56.7 Å². The maximum absolute atomic E-state index is 12.1. The zero-order valence-corrected chi connectivity index (χ0v) is 16.7. The zero-order chi connectivity index (χ0) is 19.6. The van der Waals surface area contributed by atoms with Crippen molar-refractivity contribution >= 4 is 16.8 Å². The molecule has 2 aliphatic rings. The Balaban J connectivity index is 1.27. The van der Waals surface area contributed by atoms with Gasteiger partial charge < -0.3 is 5.32 Å². The average molecular weight is 390 g/mol. The lowest BCUT2D eigenvalue weighted by molar-refractivity contribution is -0.127. The molecular weight excluding hydrogens is 362 g/mol. The van der Waals surface area contributed by atoms with Gasteiger partial charge in [0.05, 0.1) is 23.4 Å². The molecule has 0 bridgehead atoms. The summed E-state index contributed by atoms with van der Waals surface area (Å²) in [5.41, 5.74) is 4.56. The van der Waals surface area contributed by atoms with E-state index in [1.54, 1.807) is 0 Å². The van der Waals surface area contributed by atoms with Gasteiger partial charge in [-0.15, -0.1) is 0 Å². The number of aromatic nitrogens is 3. The van der Waals surface area contributed by atoms with Gasteiger partial charge in [-0.3, -0.25) is 19.4 Å². The number of fused-ring (bicyclic) bond motifs is 2. The molecule has 150 valence electrons. The Labute approximate surface area is 170 Å². The molecule has 0 radical (unpaired) electrons. The maximum Gasteiger partial charge on any atom is 0.223 e. The third-order valence-electron chi connectivity index (χ3n) is 6.19. The van der Waals surface area contributed by atoms with Crippen LogP contribution in [0, 0.1) is 5.92 Å². The van der Waals surface area contributed by atoms with Crippen molar-refractivity contribution in [3.8, 4) is 0 Å². The summed E-state index contributed by atoms with van der Waals surface area (Å²) in [6.45, 7) is 4.29. The number of nitrogens with zero attached hydrogens (tertiary/aromatic N) is 4. The van der Waals surface area contributed by atoms with Gasteiger partial charge in [0.25, 0.3) is 0 Å². The van der Waals surface area contributed by atoms with E-state index in [1.807, 2.05) is 12.3 Å². The second-order valence-corrected chi connectivity index (χ2v) is 8.25. The van der Waals surface area contributed by atoms with Gasteiger partial charge in [-0.05, 0) is 43.0 Å². The van der Waals surface area contributed by atoms with E-state index in [1.165, 1.54) is 23.1 Å². The fraction of sp³-hybridized carbons (Fsp3) is 0.435. The Morgan fingerprint density at radius 2 is 2.07 bits per heavy atom. The molecule has 0 atom stereocenters. The van der Waals surface area contributed by atoms with Crippen molar-refractivity contribution in [1.82, 2.24) is 25.0 Å². The van der Waals surface area contributed by atoms with Gasteiger partial charge in [-0.1, -0.05) is 24.6 Å². The number of hydrogen-bond acceptors (Lipinski definition) is 4. The Morgan fingerprint density at radius 3 is 2.93 bits per heavy atom. The molecule has 1 fully saturated rings. The summed E-state index contributed by atoms with van der Waals surface area (Å²) in [6.07, 6.45) is 6.17. The van der Waals surface area contributed by atoms with Crippen LogP contribution >= 0.6 is 0 Å². The SMILES string of the molecule is O=C(NCc1cc2n(n1)CCCN(Cc1cccc3ncccc13)C2)C1CCC1. The second-order valence-electron chi connectivity index (χ2n) is 8.25. The highest BCUT2D eigenvalue weighted by molar-refractivity contribution is 5.81. The molecule has 1 amide bonds. The average Bonchev–Trinajstić information content (AvgIpc) is 2.97. The van der Waals surface area contributed by atoms with Crippen molar-refractivity contribution in [2.75, 3.05) is 6.54 Å². The van der Waals surface area contributed by atoms with E-state index in [2.05, 4.69) is 50.2 Å². The summed E-state index contributed by atoms with van der Waals surface area (Å²) in [5, 5.41) is 9.03. The number of carbonyl (C=O) groups is 1. The lowest BCUT2D eigenvalue weighted by atomic mass is 9.85. The molecule has 1 aliphatic heterocycles. The fourth-order valence-corrected chi connectivity index (χ4v) is 4.35. The summed E-state index contributed by atoms with van der Waals surface area (Å²) in [7, 11) is 0. The summed E-state index contributed by atoms with van der Waals surface area (Å²) in [6, 6.07) is 12.7. The highest BCUT2D eigenvalue weighted by Crippen LogP contribution is 2.26. The number of aryl methyl sites for hydroxylation is 1. The predicted molar refractivity (Wildman–Crippen MR) is 112 cm³/mol. The predicted octanol–water partition coefficient (Wildman–Crippen LogP) is 3.25. The quantitative estimate of drug-likeness (QED) is 0.728. The molecule has 1 aromatic carbocycles. The summed E-state index contributed by atoms with van der Waals surface area (Å²) in [5.74, 6) is 0.409. The Bertz CT molecular complexity index is 1020. The highest BCUT2D eigenvalue weighted by Gasteiger charge is 2.25. The zero-order valence-electron chi connectivity index (χ0n) is 16.7. The number of nitrogens with one attached hydrogen (secondary N) is 1. The van der Waals surface area contributed by atoms with Crippen LogP contribution in [0.15, 0.2) is 42.6 Å². The van der Waals surface area contributed by atoms with Gasteiger partial charge in [-0.25, -0.2) is 0 Å². The van der Waals surface area contributed by atoms with Crippen LogP contribution in [0.4, 0.5) is 0 Å². The molecule has 5 rings (SSSR count). The van der Waals surface area contributed by atoms with Crippen molar-refractivity contribution in [2.45, 2.75) is 51.9 Å². The second kappa shape index (κ2) is 7.95. The summed E-state index contributed by atoms with van der Waals surface area (Å²) < 4.78 is 2.12. The topological polar surface area (TPSA) is 63.1 Å². The van der Waals surface area contributed by atoms with Crippen LogP contribution in [0.2, 0.25) is 0 Å². The van der Waals surface area contributed by atoms with Gasteiger partial charge in [0.2, 0.25) is 5.91 Å². The smallest absolute Gasteiger partial charge is 0.223 e. The Hall–Kier alpha value is -2.73. The Morgan fingerprint density at radius 1 is 1.14 bits per heavy atom. The number of benzene rings is 1. The third-order valence-corrected chi connectivity index (χ3v) is 6.19. The summed E-state index contributed by atoms with van der Waals surface area (Å²) >= 11 is 0. The van der Waals surface area contributed by atoms with Crippen LogP contribution < -0.4 is 5.32 Å². The van der Waals surface area contributed by atoms with E-state index in [4.69, 9.17) is 5.10 Å². The van der Waals surface area contributed by atoms with Crippen molar-refractivity contribution in [3.63, 3.8) is 0 Å². The molecule has 1 saturated carbocycles. The molecule has 29 heavy (non-hydrogen) atoms. The van der Waals surface area contributed by atoms with Gasteiger partial charge in [0.1, 0.15) is 0 Å². The van der Waals surface area contributed by atoms with Crippen LogP contribution in [0.1, 0.15) is 42.6 Å². The number of hydrogen-bond donors (Lipinski definition) is 1. The molecule has 1 aliphatic carbocycles. The van der Waals surface area contributed by atoms with E-state index in [-0.39, 0.29) is 11.8 Å². The minimum absolute atomic E-state index is 0.186. The standard InChI is InChI=1S/C23H27N5O/c29-23(17-5-1-6-17)25-14-19-13-20-16-27(11-4-12-28(20)26-19)15-18-7-2-9-22-21(18)8-3-10-24-22/h2-3,7-10,13,17H,1,4-6,11-12,14-16H2,(H,25,29). The van der Waals surface area contributed by atoms with Gasteiger partial charge in [-0.2, -0.15) is 5.10 Å². The summed E-state index contributed by atoms with van der Waals surface area (Å²) in [4.78, 5) is 19.1. The Kier molecular flexibility index (Phi) is 5.02. The van der Waals surface area contributed by atoms with Crippen molar-refractivity contribution in [2.24, 2.45) is 5.92 Å². The van der Waals surface area contributed by atoms with Gasteiger partial charge in [0.15, 0.2) is 0 Å². The molecule has 0 saturated heterocycles. The van der Waals surface area contributed by atoms with Crippen LogP contribution in [0.25, 0.3) is 10.9 Å². The number of pyridine rings is 1. The van der Waals surface area contributed by atoms with E-state index in [0.29, 0.717) is 6.54 Å². The molecule has 2 aromatic heterocycles. The van der Waals surface area contributed by atoms with Crippen LogP contribution in [-0.4, -0.2) is 32.1 Å². The molecule has 1 N–H and O–H groups in total. The monoisotopic (exact) mass is 389 g/mol. The molecule has 0 unspecified atom stereocenters. The van der Waals surface area contributed by atoms with Crippen molar-refractivity contribution in [3.05, 3.63) is 59.5 Å². The fourth-order valence-electron chi connectivity index (χ4n) is 4.35. The highest BCUT2D eigenvalue weighted by atomic mass is 16.1. The van der Waals surface area contributed by atoms with Gasteiger partial charge >= 0.3 is 0 Å². The lowest BCUT2D eigenvalue weighted by Crippen LogP contribution is -2.34. The molecule has 6 nitrogen and oxygen atoms in total. The first-order valence-corrected chi connectivity index (χ1v) is 10.6. The number of rotatable bonds is 5. The van der Waals surface area contributed by atoms with Crippen LogP contribution in [0.3, 0.4) is 0 Å². The lowest BCUT2D eigenvalue weighted by Gasteiger charge is -2.23. The van der Waals surface area contributed by atoms with Crippen molar-refractivity contribution < 1.29 is 4.79 Å². The van der Waals surface area contributed by atoms with Crippen LogP contribution in [-0.2, 0) is 31.0 Å². The van der Waals surface area contributed by atoms with Crippen molar-refractivity contribution in [1.29, 1.82) is 0 Å². The first-order chi connectivity index (χ1) is 14.3. The largest absolute Gasteiger partial charge is 0.350 e. The maximum atomic E-state index is 12.1. The van der Waals surface area contributed by atoms with E-state index in [9.17, 15) is 4.79 Å². The van der Waals surface area contributed by atoms with E-state index < -0.39 is 0 Å². The minimum Gasteiger partial charge on any atom is -0.350 e. The molecule has 0 spiro atoms. The molecule has 3 aromatic rings. The minimum atomic E-state index is 0.186. The van der Waals surface area contributed by atoms with Crippen LogP contribution in [0.5, 0.6) is 0 Å². The first-order valence-electron chi connectivity index (χ1n) is 10.6. The molecular formula is C23H27N5O. The number of amides is 1.